The van der Waals surface area contributed by atoms with Crippen molar-refractivity contribution < 1.29 is 0 Å². The maximum Gasteiger partial charge on any atom is 0.111 e. The summed E-state index contributed by atoms with van der Waals surface area (Å²) in [4.78, 5) is 4.99. The zero-order valence-corrected chi connectivity index (χ0v) is 18.8. The normalized spacial score (nSPS) is 10.8. The van der Waals surface area contributed by atoms with Gasteiger partial charge in [-0.05, 0) is 61.4 Å². The molecule has 0 N–H and O–H groups in total. The van der Waals surface area contributed by atoms with Gasteiger partial charge in [-0.25, -0.2) is 0 Å². The van der Waals surface area contributed by atoms with Gasteiger partial charge in [0.1, 0.15) is 6.17 Å². The van der Waals surface area contributed by atoms with Crippen molar-refractivity contribution in [2.24, 2.45) is 0 Å². The smallest absolute Gasteiger partial charge is 0.111 e. The van der Waals surface area contributed by atoms with Gasteiger partial charge in [-0.3, -0.25) is 0 Å². The molecule has 4 aromatic carbocycles. The van der Waals surface area contributed by atoms with E-state index < -0.39 is 0 Å². The van der Waals surface area contributed by atoms with Crippen molar-refractivity contribution in [3.8, 4) is 0 Å². The predicted octanol–water partition coefficient (Wildman–Crippen LogP) is 8.57. The Morgan fingerprint density at radius 2 is 0.781 bits per heavy atom. The number of hydrogen-bond acceptors (Lipinski definition) is 2. The van der Waals surface area contributed by atoms with E-state index in [1.54, 1.807) is 0 Å². The van der Waals surface area contributed by atoms with Gasteiger partial charge in [-0.1, -0.05) is 92.6 Å². The number of hydrogen-bond donors (Lipinski definition) is 0. The molecular formula is C30H32N2. The standard InChI is InChI=1S/C30H32N2/c1-2-3-8-25-30(31(26-17-9-4-10-18-26)27-19-11-5-12-20-27)32(28-21-13-6-14-22-28)29-23-15-7-16-24-29/h4-7,9-24,30H,2-3,8,25H2,1H3. The van der Waals surface area contributed by atoms with Crippen LogP contribution in [0.25, 0.3) is 0 Å². The fraction of sp³-hybridized carbons (Fsp3) is 0.200. The van der Waals surface area contributed by atoms with Crippen LogP contribution in [0, 0.1) is 0 Å². The Morgan fingerprint density at radius 3 is 1.06 bits per heavy atom. The number of rotatable bonds is 10. The Labute approximate surface area is 192 Å². The first-order chi connectivity index (χ1) is 15.9. The van der Waals surface area contributed by atoms with Crippen molar-refractivity contribution in [2.75, 3.05) is 9.80 Å². The molecule has 0 fully saturated rings. The van der Waals surface area contributed by atoms with Crippen molar-refractivity contribution >= 4 is 22.7 Å². The number of anilines is 4. The minimum atomic E-state index is 0.135. The molecule has 162 valence electrons. The highest BCUT2D eigenvalue weighted by molar-refractivity contribution is 5.71. The van der Waals surface area contributed by atoms with Crippen LogP contribution in [0.4, 0.5) is 22.7 Å². The molecule has 0 aromatic heterocycles. The monoisotopic (exact) mass is 420 g/mol. The van der Waals surface area contributed by atoms with Crippen LogP contribution in [0.2, 0.25) is 0 Å². The SMILES string of the molecule is CCCCCC(N(c1ccccc1)c1ccccc1)N(c1ccccc1)c1ccccc1. The molecule has 4 rings (SSSR count). The molecule has 0 aliphatic rings. The molecule has 2 nitrogen and oxygen atoms in total. The van der Waals surface area contributed by atoms with Crippen molar-refractivity contribution in [1.82, 2.24) is 0 Å². The van der Waals surface area contributed by atoms with E-state index in [1.807, 2.05) is 0 Å². The van der Waals surface area contributed by atoms with E-state index in [-0.39, 0.29) is 6.17 Å². The molecular weight excluding hydrogens is 388 g/mol. The predicted molar refractivity (Wildman–Crippen MR) is 138 cm³/mol. The summed E-state index contributed by atoms with van der Waals surface area (Å²) in [5, 5.41) is 0. The van der Waals surface area contributed by atoms with Gasteiger partial charge in [0.15, 0.2) is 0 Å². The fourth-order valence-electron chi connectivity index (χ4n) is 4.29. The summed E-state index contributed by atoms with van der Waals surface area (Å²) in [6, 6.07) is 43.1. The van der Waals surface area contributed by atoms with Crippen LogP contribution in [-0.4, -0.2) is 6.17 Å². The zero-order chi connectivity index (χ0) is 22.0. The van der Waals surface area contributed by atoms with Crippen LogP contribution in [0.15, 0.2) is 121 Å². The first kappa shape index (κ1) is 21.7. The number of para-hydroxylation sites is 4. The van der Waals surface area contributed by atoms with E-state index in [0.29, 0.717) is 0 Å². The van der Waals surface area contributed by atoms with Gasteiger partial charge < -0.3 is 9.80 Å². The Bertz CT molecular complexity index is 871. The minimum absolute atomic E-state index is 0.135. The van der Waals surface area contributed by atoms with Gasteiger partial charge in [0.05, 0.1) is 0 Å². The third kappa shape index (κ3) is 5.20. The highest BCUT2D eigenvalue weighted by Crippen LogP contribution is 2.37. The summed E-state index contributed by atoms with van der Waals surface area (Å²) in [6.07, 6.45) is 4.80. The summed E-state index contributed by atoms with van der Waals surface area (Å²) < 4.78 is 0. The molecule has 0 saturated carbocycles. The topological polar surface area (TPSA) is 6.48 Å². The maximum atomic E-state index is 2.50. The van der Waals surface area contributed by atoms with Crippen LogP contribution in [-0.2, 0) is 0 Å². The van der Waals surface area contributed by atoms with Gasteiger partial charge in [-0.15, -0.1) is 0 Å². The molecule has 0 bridgehead atoms. The first-order valence-corrected chi connectivity index (χ1v) is 11.7. The molecule has 32 heavy (non-hydrogen) atoms. The van der Waals surface area contributed by atoms with E-state index >= 15 is 0 Å². The highest BCUT2D eigenvalue weighted by atomic mass is 15.4. The van der Waals surface area contributed by atoms with Crippen molar-refractivity contribution in [1.29, 1.82) is 0 Å². The molecule has 0 saturated heterocycles. The van der Waals surface area contributed by atoms with Crippen molar-refractivity contribution in [3.05, 3.63) is 121 Å². The molecule has 0 atom stereocenters. The second-order valence-electron chi connectivity index (χ2n) is 8.06. The summed E-state index contributed by atoms with van der Waals surface area (Å²) in [6.45, 7) is 2.27. The Balaban J connectivity index is 1.88. The van der Waals surface area contributed by atoms with Crippen LogP contribution in [0.3, 0.4) is 0 Å². The highest BCUT2D eigenvalue weighted by Gasteiger charge is 2.28. The number of unbranched alkanes of at least 4 members (excludes halogenated alkanes) is 2. The van der Waals surface area contributed by atoms with Gasteiger partial charge in [0, 0.05) is 22.7 Å². The Kier molecular flexibility index (Phi) is 7.60. The van der Waals surface area contributed by atoms with Gasteiger partial charge in [-0.2, -0.15) is 0 Å². The Hall–Kier alpha value is -3.52. The lowest BCUT2D eigenvalue weighted by atomic mass is 10.1. The largest absolute Gasteiger partial charge is 0.320 e. The van der Waals surface area contributed by atoms with E-state index in [1.165, 1.54) is 42.0 Å². The zero-order valence-electron chi connectivity index (χ0n) is 18.8. The van der Waals surface area contributed by atoms with Crippen LogP contribution < -0.4 is 9.80 Å². The summed E-state index contributed by atoms with van der Waals surface area (Å²) in [5.41, 5.74) is 4.82. The molecule has 0 unspecified atom stereocenters. The van der Waals surface area contributed by atoms with Crippen LogP contribution in [0.1, 0.15) is 32.6 Å². The lowest BCUT2D eigenvalue weighted by Crippen LogP contribution is -2.44. The third-order valence-electron chi connectivity index (χ3n) is 5.80. The van der Waals surface area contributed by atoms with Crippen molar-refractivity contribution in [2.45, 2.75) is 38.8 Å². The van der Waals surface area contributed by atoms with Gasteiger partial charge in [0.2, 0.25) is 0 Å². The minimum Gasteiger partial charge on any atom is -0.320 e. The molecule has 2 heteroatoms. The van der Waals surface area contributed by atoms with Gasteiger partial charge in [0.25, 0.3) is 0 Å². The first-order valence-electron chi connectivity index (χ1n) is 11.7. The van der Waals surface area contributed by atoms with E-state index in [2.05, 4.69) is 138 Å². The molecule has 0 aliphatic carbocycles. The Morgan fingerprint density at radius 1 is 0.469 bits per heavy atom. The number of benzene rings is 4. The second-order valence-corrected chi connectivity index (χ2v) is 8.06. The van der Waals surface area contributed by atoms with Crippen LogP contribution >= 0.6 is 0 Å². The van der Waals surface area contributed by atoms with Crippen molar-refractivity contribution in [3.63, 3.8) is 0 Å². The summed E-state index contributed by atoms with van der Waals surface area (Å²) >= 11 is 0. The average Bonchev–Trinajstić information content (AvgIpc) is 2.87. The molecule has 4 aromatic rings. The summed E-state index contributed by atoms with van der Waals surface area (Å²) in [5.74, 6) is 0. The lowest BCUT2D eigenvalue weighted by Gasteiger charge is -2.42. The number of nitrogens with zero attached hydrogens (tertiary/aromatic N) is 2. The molecule has 0 aliphatic heterocycles. The van der Waals surface area contributed by atoms with E-state index in [9.17, 15) is 0 Å². The van der Waals surface area contributed by atoms with Gasteiger partial charge >= 0.3 is 0 Å². The van der Waals surface area contributed by atoms with E-state index in [0.717, 1.165) is 6.42 Å². The van der Waals surface area contributed by atoms with E-state index in [4.69, 9.17) is 0 Å². The molecule has 0 radical (unpaired) electrons. The lowest BCUT2D eigenvalue weighted by molar-refractivity contribution is 0.554. The summed E-state index contributed by atoms with van der Waals surface area (Å²) in [7, 11) is 0. The molecule has 0 heterocycles. The maximum absolute atomic E-state index is 2.50. The fourth-order valence-corrected chi connectivity index (χ4v) is 4.29. The average molecular weight is 421 g/mol. The second kappa shape index (κ2) is 11.2. The van der Waals surface area contributed by atoms with Crippen LogP contribution in [0.5, 0.6) is 0 Å². The quantitative estimate of drug-likeness (QED) is 0.187. The third-order valence-corrected chi connectivity index (χ3v) is 5.80. The molecule has 0 amide bonds. The molecule has 0 spiro atoms.